The number of para-hydroxylation sites is 1. The number of aromatic nitrogens is 5. The Morgan fingerprint density at radius 2 is 2.10 bits per heavy atom. The predicted molar refractivity (Wildman–Crippen MR) is 116 cm³/mol. The number of benzene rings is 1. The van der Waals surface area contributed by atoms with E-state index in [2.05, 4.69) is 15.3 Å². The number of H-pyrrole nitrogens is 1. The van der Waals surface area contributed by atoms with Crippen molar-refractivity contribution in [1.29, 1.82) is 0 Å². The lowest BCUT2D eigenvalue weighted by Crippen LogP contribution is -2.40. The number of ether oxygens (including phenoxy) is 1. The van der Waals surface area contributed by atoms with Crippen molar-refractivity contribution < 1.29 is 9.53 Å². The molecule has 3 heterocycles. The quantitative estimate of drug-likeness (QED) is 0.610. The Bertz CT molecular complexity index is 1070. The van der Waals surface area contributed by atoms with Crippen molar-refractivity contribution in [3.05, 3.63) is 52.8 Å². The highest BCUT2D eigenvalue weighted by Gasteiger charge is 2.31. The zero-order valence-corrected chi connectivity index (χ0v) is 18.1. The first kappa shape index (κ1) is 20.3. The molecule has 8 nitrogen and oxygen atoms in total. The van der Waals surface area contributed by atoms with Gasteiger partial charge in [0.05, 0.1) is 18.5 Å². The topological polar surface area (TPSA) is 81.0 Å². The molecule has 1 fully saturated rings. The zero-order valence-electron chi connectivity index (χ0n) is 17.2. The first-order chi connectivity index (χ1) is 14.6. The first-order valence-corrected chi connectivity index (χ1v) is 10.8. The molecule has 4 rings (SSSR count). The molecule has 1 unspecified atom stereocenters. The number of hydrogen-bond donors (Lipinski definition) is 1. The van der Waals surface area contributed by atoms with E-state index in [1.807, 2.05) is 53.6 Å². The summed E-state index contributed by atoms with van der Waals surface area (Å²) in [5.41, 5.74) is 1.23. The van der Waals surface area contributed by atoms with E-state index in [0.29, 0.717) is 35.9 Å². The number of amides is 1. The van der Waals surface area contributed by atoms with Crippen LogP contribution in [0.25, 0.3) is 5.69 Å². The molecule has 1 amide bonds. The van der Waals surface area contributed by atoms with Crippen molar-refractivity contribution >= 4 is 18.1 Å². The van der Waals surface area contributed by atoms with Crippen LogP contribution < -0.4 is 4.74 Å². The van der Waals surface area contributed by atoms with E-state index in [-0.39, 0.29) is 11.8 Å². The summed E-state index contributed by atoms with van der Waals surface area (Å²) in [6.45, 7) is 6.45. The number of carbonyl (C=O) groups is 1. The summed E-state index contributed by atoms with van der Waals surface area (Å²) in [7, 11) is 0. The van der Waals surface area contributed by atoms with Gasteiger partial charge in [-0.3, -0.25) is 9.89 Å². The summed E-state index contributed by atoms with van der Waals surface area (Å²) < 4.78 is 10.1. The fourth-order valence-electron chi connectivity index (χ4n) is 3.95. The minimum Gasteiger partial charge on any atom is -0.490 e. The standard InChI is InChI=1S/C21H26N6O2S/c1-3-26-19(22-23-21(26)30)15-9-8-12-25(13-15)20(28)18-17(29-4-2)14-27(24-18)16-10-6-5-7-11-16/h5-7,10-11,14-15H,3-4,8-9,12-13H2,1-2H3,(H,23,30). The molecule has 0 aliphatic carbocycles. The molecule has 9 heteroatoms. The van der Waals surface area contributed by atoms with Gasteiger partial charge in [0.15, 0.2) is 16.2 Å². The number of piperidine rings is 1. The van der Waals surface area contributed by atoms with Crippen LogP contribution in [0.3, 0.4) is 0 Å². The van der Waals surface area contributed by atoms with Crippen LogP contribution in [0, 0.1) is 4.77 Å². The van der Waals surface area contributed by atoms with Crippen LogP contribution in [-0.4, -0.2) is 55.0 Å². The van der Waals surface area contributed by atoms with Crippen molar-refractivity contribution in [2.75, 3.05) is 19.7 Å². The average molecular weight is 427 g/mol. The molecule has 0 saturated carbocycles. The Labute approximate surface area is 180 Å². The lowest BCUT2D eigenvalue weighted by atomic mass is 9.97. The van der Waals surface area contributed by atoms with E-state index in [0.717, 1.165) is 30.9 Å². The Hall–Kier alpha value is -2.94. The van der Waals surface area contributed by atoms with Gasteiger partial charge in [-0.2, -0.15) is 10.2 Å². The number of carbonyl (C=O) groups excluding carboxylic acids is 1. The van der Waals surface area contributed by atoms with Gasteiger partial charge in [0.2, 0.25) is 0 Å². The minimum atomic E-state index is -0.116. The number of likely N-dealkylation sites (tertiary alicyclic amines) is 1. The predicted octanol–water partition coefficient (Wildman–Crippen LogP) is 3.56. The van der Waals surface area contributed by atoms with E-state index in [1.54, 1.807) is 10.9 Å². The maximum Gasteiger partial charge on any atom is 0.278 e. The molecule has 0 spiro atoms. The molecule has 0 radical (unpaired) electrons. The zero-order chi connectivity index (χ0) is 21.1. The lowest BCUT2D eigenvalue weighted by molar-refractivity contribution is 0.0692. The fourth-order valence-corrected chi connectivity index (χ4v) is 4.22. The molecular formula is C21H26N6O2S. The maximum absolute atomic E-state index is 13.4. The Kier molecular flexibility index (Phi) is 5.98. The normalized spacial score (nSPS) is 16.6. The van der Waals surface area contributed by atoms with Crippen molar-refractivity contribution in [1.82, 2.24) is 29.4 Å². The van der Waals surface area contributed by atoms with Gasteiger partial charge in [-0.1, -0.05) is 18.2 Å². The number of rotatable bonds is 6. The van der Waals surface area contributed by atoms with Crippen LogP contribution in [0.1, 0.15) is 48.9 Å². The van der Waals surface area contributed by atoms with Crippen LogP contribution in [0.2, 0.25) is 0 Å². The third-order valence-electron chi connectivity index (χ3n) is 5.38. The molecule has 2 aromatic heterocycles. The molecule has 1 aromatic carbocycles. The van der Waals surface area contributed by atoms with Crippen LogP contribution in [0.5, 0.6) is 5.75 Å². The highest BCUT2D eigenvalue weighted by molar-refractivity contribution is 7.71. The summed E-state index contributed by atoms with van der Waals surface area (Å²) in [6.07, 6.45) is 3.65. The number of nitrogens with zero attached hydrogens (tertiary/aromatic N) is 5. The summed E-state index contributed by atoms with van der Waals surface area (Å²) >= 11 is 5.33. The highest BCUT2D eigenvalue weighted by Crippen LogP contribution is 2.29. The van der Waals surface area contributed by atoms with Crippen LogP contribution in [-0.2, 0) is 6.54 Å². The van der Waals surface area contributed by atoms with E-state index < -0.39 is 0 Å². The van der Waals surface area contributed by atoms with E-state index in [9.17, 15) is 4.79 Å². The second-order valence-corrected chi connectivity index (χ2v) is 7.66. The van der Waals surface area contributed by atoms with Gasteiger partial charge < -0.3 is 14.2 Å². The van der Waals surface area contributed by atoms with Gasteiger partial charge >= 0.3 is 0 Å². The molecule has 158 valence electrons. The second kappa shape index (κ2) is 8.83. The van der Waals surface area contributed by atoms with Crippen LogP contribution in [0.15, 0.2) is 36.5 Å². The molecular weight excluding hydrogens is 400 g/mol. The molecule has 1 aliphatic heterocycles. The smallest absolute Gasteiger partial charge is 0.278 e. The molecule has 1 aliphatic rings. The molecule has 1 N–H and O–H groups in total. The van der Waals surface area contributed by atoms with Gasteiger partial charge in [0.1, 0.15) is 5.82 Å². The van der Waals surface area contributed by atoms with E-state index in [4.69, 9.17) is 17.0 Å². The molecule has 0 bridgehead atoms. The molecule has 1 saturated heterocycles. The molecule has 1 atom stereocenters. The number of aromatic amines is 1. The van der Waals surface area contributed by atoms with E-state index in [1.165, 1.54) is 0 Å². The minimum absolute atomic E-state index is 0.116. The average Bonchev–Trinajstić information content (AvgIpc) is 3.37. The third kappa shape index (κ3) is 3.89. The summed E-state index contributed by atoms with van der Waals surface area (Å²) in [5.74, 6) is 1.45. The second-order valence-electron chi connectivity index (χ2n) is 7.28. The summed E-state index contributed by atoms with van der Waals surface area (Å²) in [6, 6.07) is 9.72. The van der Waals surface area contributed by atoms with Crippen molar-refractivity contribution in [2.45, 2.75) is 39.2 Å². The van der Waals surface area contributed by atoms with Crippen molar-refractivity contribution in [3.8, 4) is 11.4 Å². The Morgan fingerprint density at radius 1 is 1.30 bits per heavy atom. The van der Waals surface area contributed by atoms with Crippen molar-refractivity contribution in [2.24, 2.45) is 0 Å². The monoisotopic (exact) mass is 426 g/mol. The van der Waals surface area contributed by atoms with Gasteiger partial charge in [-0.05, 0) is 51.0 Å². The van der Waals surface area contributed by atoms with E-state index >= 15 is 0 Å². The third-order valence-corrected chi connectivity index (χ3v) is 5.69. The summed E-state index contributed by atoms with van der Waals surface area (Å²) in [4.78, 5) is 15.2. The Balaban J connectivity index is 1.60. The largest absolute Gasteiger partial charge is 0.490 e. The highest BCUT2D eigenvalue weighted by atomic mass is 32.1. The number of hydrogen-bond acceptors (Lipinski definition) is 5. The van der Waals surface area contributed by atoms with Gasteiger partial charge in [-0.15, -0.1) is 0 Å². The van der Waals surface area contributed by atoms with Gasteiger partial charge in [-0.25, -0.2) is 4.68 Å². The SMILES string of the molecule is CCOc1cn(-c2ccccc2)nc1C(=O)N1CCCC(c2n[nH]c(=S)n2CC)C1. The lowest BCUT2D eigenvalue weighted by Gasteiger charge is -2.32. The fraction of sp³-hybridized carbons (Fsp3) is 0.429. The first-order valence-electron chi connectivity index (χ1n) is 10.3. The van der Waals surface area contributed by atoms with Gasteiger partial charge in [0, 0.05) is 25.6 Å². The van der Waals surface area contributed by atoms with Gasteiger partial charge in [0.25, 0.3) is 5.91 Å². The number of nitrogens with one attached hydrogen (secondary N) is 1. The van der Waals surface area contributed by atoms with Crippen molar-refractivity contribution in [3.63, 3.8) is 0 Å². The van der Waals surface area contributed by atoms with Crippen LogP contribution in [0.4, 0.5) is 0 Å². The van der Waals surface area contributed by atoms with Crippen LogP contribution >= 0.6 is 12.2 Å². The molecule has 30 heavy (non-hydrogen) atoms. The molecule has 3 aromatic rings. The summed E-state index contributed by atoms with van der Waals surface area (Å²) in [5, 5.41) is 11.9. The Morgan fingerprint density at radius 3 is 2.83 bits per heavy atom. The maximum atomic E-state index is 13.4.